The summed E-state index contributed by atoms with van der Waals surface area (Å²) in [7, 11) is 0. The van der Waals surface area contributed by atoms with E-state index in [0.29, 0.717) is 24.3 Å². The van der Waals surface area contributed by atoms with Gasteiger partial charge < -0.3 is 15.5 Å². The largest absolute Gasteiger partial charge is 0.463 e. The van der Waals surface area contributed by atoms with E-state index in [-0.39, 0.29) is 17.5 Å². The van der Waals surface area contributed by atoms with Gasteiger partial charge in [0.2, 0.25) is 0 Å². The van der Waals surface area contributed by atoms with E-state index in [9.17, 15) is 4.79 Å². The van der Waals surface area contributed by atoms with Crippen LogP contribution in [0.25, 0.3) is 22.3 Å². The van der Waals surface area contributed by atoms with Crippen LogP contribution < -0.4 is 16.2 Å². The number of nitrogens with two attached hydrogens (primary N) is 1. The van der Waals surface area contributed by atoms with E-state index in [1.165, 1.54) is 37.1 Å². The third-order valence-corrected chi connectivity index (χ3v) is 6.55. The van der Waals surface area contributed by atoms with Gasteiger partial charge in [-0.15, -0.1) is 0 Å². The number of nitrogens with one attached hydrogen (secondary N) is 1. The van der Waals surface area contributed by atoms with E-state index in [1.807, 2.05) is 12.1 Å². The fraction of sp³-hybridized carbons (Fsp3) is 0.370. The van der Waals surface area contributed by atoms with Crippen molar-refractivity contribution in [3.8, 4) is 17.1 Å². The molecule has 0 saturated carbocycles. The Kier molecular flexibility index (Phi) is 6.81. The summed E-state index contributed by atoms with van der Waals surface area (Å²) < 4.78 is 7.20. The molecule has 5 rings (SSSR count). The van der Waals surface area contributed by atoms with Gasteiger partial charge in [0, 0.05) is 6.54 Å². The van der Waals surface area contributed by atoms with Crippen molar-refractivity contribution in [3.63, 3.8) is 0 Å². The van der Waals surface area contributed by atoms with Gasteiger partial charge in [0.05, 0.1) is 13.2 Å². The van der Waals surface area contributed by atoms with Crippen molar-refractivity contribution in [3.05, 3.63) is 70.1 Å². The summed E-state index contributed by atoms with van der Waals surface area (Å²) in [5.41, 5.74) is 11.3. The minimum Gasteiger partial charge on any atom is -0.463 e. The van der Waals surface area contributed by atoms with Crippen molar-refractivity contribution in [2.75, 3.05) is 25.4 Å². The average Bonchev–Trinajstić information content (AvgIpc) is 3.49. The summed E-state index contributed by atoms with van der Waals surface area (Å²) >= 11 is 0. The molecule has 1 aliphatic rings. The van der Waals surface area contributed by atoms with E-state index in [2.05, 4.69) is 63.2 Å². The SMILES string of the molecule is CCCCOc1nc(N)c2[nH]c(=O)n(Cc3ccc(-c4ccc(CN5CCCC5)cc4)cc3)c2n1. The van der Waals surface area contributed by atoms with Crippen LogP contribution in [0.3, 0.4) is 0 Å². The van der Waals surface area contributed by atoms with Gasteiger partial charge in [0.15, 0.2) is 11.5 Å². The van der Waals surface area contributed by atoms with E-state index in [1.54, 1.807) is 4.57 Å². The summed E-state index contributed by atoms with van der Waals surface area (Å²) in [4.78, 5) is 26.6. The van der Waals surface area contributed by atoms with Crippen molar-refractivity contribution in [1.29, 1.82) is 0 Å². The summed E-state index contributed by atoms with van der Waals surface area (Å²) in [6, 6.07) is 17.3. The molecular formula is C27H32N6O2. The first kappa shape index (κ1) is 23.1. The second-order valence-corrected chi connectivity index (χ2v) is 9.19. The fourth-order valence-corrected chi connectivity index (χ4v) is 4.54. The second-order valence-electron chi connectivity index (χ2n) is 9.19. The highest BCUT2D eigenvalue weighted by molar-refractivity contribution is 5.82. The standard InChI is InChI=1S/C27H32N6O2/c1-2-3-16-35-26-30-24(28)23-25(31-26)33(27(34)29-23)18-20-8-12-22(13-9-20)21-10-6-19(7-11-21)17-32-14-4-5-15-32/h6-13H,2-5,14-18H2,1H3,(H,29,34)(H2,28,30,31). The van der Waals surface area contributed by atoms with Gasteiger partial charge in [-0.05, 0) is 54.6 Å². The molecule has 4 aromatic rings. The van der Waals surface area contributed by atoms with Gasteiger partial charge in [-0.25, -0.2) is 4.79 Å². The molecule has 35 heavy (non-hydrogen) atoms. The number of nitrogens with zero attached hydrogens (tertiary/aromatic N) is 4. The van der Waals surface area contributed by atoms with Crippen LogP contribution in [0.15, 0.2) is 53.3 Å². The molecule has 3 N–H and O–H groups in total. The van der Waals surface area contributed by atoms with Crippen LogP contribution in [0, 0.1) is 0 Å². The van der Waals surface area contributed by atoms with Crippen LogP contribution >= 0.6 is 0 Å². The lowest BCUT2D eigenvalue weighted by molar-refractivity contribution is 0.286. The number of anilines is 1. The molecule has 182 valence electrons. The number of aromatic nitrogens is 4. The first-order valence-corrected chi connectivity index (χ1v) is 12.4. The lowest BCUT2D eigenvalue weighted by Crippen LogP contribution is -2.18. The summed E-state index contributed by atoms with van der Waals surface area (Å²) in [5.74, 6) is 0.209. The molecule has 0 unspecified atom stereocenters. The minimum atomic E-state index is -0.274. The van der Waals surface area contributed by atoms with E-state index >= 15 is 0 Å². The van der Waals surface area contributed by atoms with Gasteiger partial charge in [0.25, 0.3) is 0 Å². The van der Waals surface area contributed by atoms with Crippen LogP contribution in [0.5, 0.6) is 6.01 Å². The number of rotatable bonds is 9. The molecule has 0 atom stereocenters. The fourth-order valence-electron chi connectivity index (χ4n) is 4.54. The first-order valence-electron chi connectivity index (χ1n) is 12.4. The predicted molar refractivity (Wildman–Crippen MR) is 138 cm³/mol. The van der Waals surface area contributed by atoms with Crippen molar-refractivity contribution >= 4 is 17.0 Å². The van der Waals surface area contributed by atoms with Gasteiger partial charge in [-0.2, -0.15) is 9.97 Å². The quantitative estimate of drug-likeness (QED) is 0.354. The molecule has 1 fully saturated rings. The van der Waals surface area contributed by atoms with Crippen LogP contribution in [-0.4, -0.2) is 44.1 Å². The zero-order chi connectivity index (χ0) is 24.2. The minimum absolute atomic E-state index is 0.194. The second kappa shape index (κ2) is 10.3. The number of aromatic amines is 1. The molecule has 0 amide bonds. The van der Waals surface area contributed by atoms with Crippen molar-refractivity contribution in [2.24, 2.45) is 0 Å². The Bertz CT molecular complexity index is 1340. The molecule has 8 heteroatoms. The number of H-pyrrole nitrogens is 1. The number of nitrogen functional groups attached to an aromatic ring is 1. The Morgan fingerprint density at radius 2 is 1.57 bits per heavy atom. The summed E-state index contributed by atoms with van der Waals surface area (Å²) in [5, 5.41) is 0. The van der Waals surface area contributed by atoms with Crippen LogP contribution in [-0.2, 0) is 13.1 Å². The molecule has 2 aromatic heterocycles. The zero-order valence-corrected chi connectivity index (χ0v) is 20.2. The predicted octanol–water partition coefficient (Wildman–Crippen LogP) is 4.19. The Balaban J connectivity index is 1.32. The van der Waals surface area contributed by atoms with Crippen molar-refractivity contribution < 1.29 is 4.74 Å². The smallest absolute Gasteiger partial charge is 0.328 e. The highest BCUT2D eigenvalue weighted by Crippen LogP contribution is 2.23. The molecule has 2 aromatic carbocycles. The number of imidazole rings is 1. The van der Waals surface area contributed by atoms with Crippen LogP contribution in [0.4, 0.5) is 5.82 Å². The van der Waals surface area contributed by atoms with E-state index < -0.39 is 0 Å². The number of benzene rings is 2. The molecule has 1 aliphatic heterocycles. The molecular weight excluding hydrogens is 440 g/mol. The van der Waals surface area contributed by atoms with Crippen molar-refractivity contribution in [1.82, 2.24) is 24.4 Å². The average molecular weight is 473 g/mol. The molecule has 0 spiro atoms. The lowest BCUT2D eigenvalue weighted by Gasteiger charge is -2.14. The Hall–Kier alpha value is -3.65. The normalized spacial score (nSPS) is 14.1. The number of ether oxygens (including phenoxy) is 1. The molecule has 8 nitrogen and oxygen atoms in total. The molecule has 0 aliphatic carbocycles. The molecule has 0 bridgehead atoms. The Labute approximate surface area is 204 Å². The number of hydrogen-bond acceptors (Lipinski definition) is 6. The maximum atomic E-state index is 12.7. The first-order chi connectivity index (χ1) is 17.1. The lowest BCUT2D eigenvalue weighted by atomic mass is 10.0. The number of fused-ring (bicyclic) bond motifs is 1. The monoisotopic (exact) mass is 472 g/mol. The maximum absolute atomic E-state index is 12.7. The number of unbranched alkanes of at least 4 members (excludes halogenated alkanes) is 1. The van der Waals surface area contributed by atoms with Crippen molar-refractivity contribution in [2.45, 2.75) is 45.7 Å². The molecule has 3 heterocycles. The number of likely N-dealkylation sites (tertiary alicyclic amines) is 1. The van der Waals surface area contributed by atoms with Gasteiger partial charge in [0.1, 0.15) is 5.52 Å². The van der Waals surface area contributed by atoms with Gasteiger partial charge in [-0.1, -0.05) is 61.9 Å². The molecule has 0 radical (unpaired) electrons. The number of hydrogen-bond donors (Lipinski definition) is 2. The zero-order valence-electron chi connectivity index (χ0n) is 20.2. The summed E-state index contributed by atoms with van der Waals surface area (Å²) in [6.07, 6.45) is 4.52. The third kappa shape index (κ3) is 5.22. The van der Waals surface area contributed by atoms with Crippen LogP contribution in [0.2, 0.25) is 0 Å². The highest BCUT2D eigenvalue weighted by atomic mass is 16.5. The van der Waals surface area contributed by atoms with E-state index in [4.69, 9.17) is 10.5 Å². The van der Waals surface area contributed by atoms with Gasteiger partial charge >= 0.3 is 11.7 Å². The Morgan fingerprint density at radius 1 is 0.943 bits per heavy atom. The maximum Gasteiger partial charge on any atom is 0.328 e. The highest BCUT2D eigenvalue weighted by Gasteiger charge is 2.15. The summed E-state index contributed by atoms with van der Waals surface area (Å²) in [6.45, 7) is 6.40. The van der Waals surface area contributed by atoms with E-state index in [0.717, 1.165) is 30.5 Å². The van der Waals surface area contributed by atoms with Gasteiger partial charge in [-0.3, -0.25) is 9.47 Å². The van der Waals surface area contributed by atoms with Crippen LogP contribution in [0.1, 0.15) is 43.7 Å². The topological polar surface area (TPSA) is 102 Å². The Morgan fingerprint density at radius 3 is 2.20 bits per heavy atom. The molecule has 1 saturated heterocycles. The third-order valence-electron chi connectivity index (χ3n) is 6.55.